The molecule has 0 fully saturated rings. The van der Waals surface area contributed by atoms with Crippen LogP contribution in [0.5, 0.6) is 0 Å². The Labute approximate surface area is 92.7 Å². The molecule has 1 rings (SSSR count). The molecule has 1 atom stereocenters. The van der Waals surface area contributed by atoms with E-state index < -0.39 is 0 Å². The third-order valence-corrected chi connectivity index (χ3v) is 2.45. The average Bonchev–Trinajstić information content (AvgIpc) is 2.26. The van der Waals surface area contributed by atoms with E-state index in [0.717, 1.165) is 0 Å². The van der Waals surface area contributed by atoms with Gasteiger partial charge in [-0.15, -0.1) is 11.6 Å². The molecule has 15 heavy (non-hydrogen) atoms. The minimum absolute atomic E-state index is 0.205. The first-order chi connectivity index (χ1) is 7.13. The molecule has 0 radical (unpaired) electrons. The average molecular weight is 229 g/mol. The van der Waals surface area contributed by atoms with Crippen LogP contribution in [0.3, 0.4) is 0 Å². The number of nitrogens with one attached hydrogen (secondary N) is 2. The Balaban J connectivity index is 2.54. The van der Waals surface area contributed by atoms with Crippen molar-refractivity contribution in [3.8, 4) is 0 Å². The molecule has 0 aliphatic rings. The number of rotatable bonds is 4. The highest BCUT2D eigenvalue weighted by Gasteiger charge is 2.06. The van der Waals surface area contributed by atoms with Gasteiger partial charge in [0.05, 0.1) is 5.56 Å². The van der Waals surface area contributed by atoms with Gasteiger partial charge in [-0.05, 0) is 12.0 Å². The molecule has 0 bridgehead atoms. The van der Waals surface area contributed by atoms with Crippen LogP contribution < -0.4 is 10.9 Å². The van der Waals surface area contributed by atoms with Crippen molar-refractivity contribution < 1.29 is 4.79 Å². The highest BCUT2D eigenvalue weighted by Crippen LogP contribution is 1.97. The van der Waals surface area contributed by atoms with E-state index in [1.54, 1.807) is 0 Å². The molecule has 1 heterocycles. The first kappa shape index (κ1) is 11.8. The maximum Gasteiger partial charge on any atom is 0.252 e. The van der Waals surface area contributed by atoms with E-state index in [-0.39, 0.29) is 17.4 Å². The second-order valence-electron chi connectivity index (χ2n) is 3.41. The highest BCUT2D eigenvalue weighted by atomic mass is 35.5. The van der Waals surface area contributed by atoms with E-state index in [4.69, 9.17) is 11.6 Å². The van der Waals surface area contributed by atoms with E-state index in [9.17, 15) is 9.59 Å². The number of hydrogen-bond donors (Lipinski definition) is 2. The summed E-state index contributed by atoms with van der Waals surface area (Å²) in [7, 11) is 0. The summed E-state index contributed by atoms with van der Waals surface area (Å²) in [5.41, 5.74) is 0.219. The number of aromatic amines is 1. The quantitative estimate of drug-likeness (QED) is 0.755. The van der Waals surface area contributed by atoms with Gasteiger partial charge >= 0.3 is 0 Å². The Morgan fingerprint density at radius 3 is 2.87 bits per heavy atom. The van der Waals surface area contributed by atoms with Gasteiger partial charge in [-0.25, -0.2) is 0 Å². The van der Waals surface area contributed by atoms with E-state index >= 15 is 0 Å². The van der Waals surface area contributed by atoms with Gasteiger partial charge in [0.2, 0.25) is 5.56 Å². The molecule has 0 aliphatic heterocycles. The maximum atomic E-state index is 11.5. The first-order valence-corrected chi connectivity index (χ1v) is 5.20. The van der Waals surface area contributed by atoms with Crippen molar-refractivity contribution in [2.24, 2.45) is 5.92 Å². The lowest BCUT2D eigenvalue weighted by molar-refractivity contribution is 0.0949. The molecule has 4 nitrogen and oxygen atoms in total. The van der Waals surface area contributed by atoms with Gasteiger partial charge in [0.1, 0.15) is 0 Å². The third-order valence-electron chi connectivity index (χ3n) is 1.92. The summed E-state index contributed by atoms with van der Waals surface area (Å²) in [6.45, 7) is 2.47. The smallest absolute Gasteiger partial charge is 0.252 e. The van der Waals surface area contributed by atoms with Gasteiger partial charge < -0.3 is 10.3 Å². The Morgan fingerprint density at radius 2 is 2.33 bits per heavy atom. The van der Waals surface area contributed by atoms with Crippen molar-refractivity contribution in [2.45, 2.75) is 6.92 Å². The van der Waals surface area contributed by atoms with Crippen molar-refractivity contribution in [3.63, 3.8) is 0 Å². The normalized spacial score (nSPS) is 12.1. The Kier molecular flexibility index (Phi) is 4.37. The molecule has 5 heteroatoms. The van der Waals surface area contributed by atoms with Crippen molar-refractivity contribution in [1.82, 2.24) is 10.3 Å². The molecule has 0 aromatic carbocycles. The van der Waals surface area contributed by atoms with Crippen LogP contribution in [0.2, 0.25) is 0 Å². The number of pyridine rings is 1. The summed E-state index contributed by atoms with van der Waals surface area (Å²) >= 11 is 5.60. The van der Waals surface area contributed by atoms with Crippen molar-refractivity contribution >= 4 is 17.5 Å². The largest absolute Gasteiger partial charge is 0.352 e. The van der Waals surface area contributed by atoms with E-state index in [1.807, 2.05) is 6.92 Å². The van der Waals surface area contributed by atoms with Crippen LogP contribution in [0.15, 0.2) is 23.1 Å². The van der Waals surface area contributed by atoms with Crippen LogP contribution in [0.25, 0.3) is 0 Å². The summed E-state index contributed by atoms with van der Waals surface area (Å²) < 4.78 is 0. The van der Waals surface area contributed by atoms with Crippen LogP contribution in [0, 0.1) is 5.92 Å². The molecular formula is C10H13ClN2O2. The van der Waals surface area contributed by atoms with Gasteiger partial charge in [-0.2, -0.15) is 0 Å². The lowest BCUT2D eigenvalue weighted by Crippen LogP contribution is -2.29. The molecular weight excluding hydrogens is 216 g/mol. The zero-order valence-electron chi connectivity index (χ0n) is 8.42. The number of alkyl halides is 1. The highest BCUT2D eigenvalue weighted by molar-refractivity contribution is 6.18. The standard InChI is InChI=1S/C10H13ClN2O2/c1-7(4-11)5-13-10(15)8-2-3-9(14)12-6-8/h2-3,6-7H,4-5H2,1H3,(H,12,14)(H,13,15). The lowest BCUT2D eigenvalue weighted by atomic mass is 10.2. The van der Waals surface area contributed by atoms with Crippen LogP contribution >= 0.6 is 11.6 Å². The predicted molar refractivity (Wildman–Crippen MR) is 59.3 cm³/mol. The van der Waals surface area contributed by atoms with E-state index in [1.165, 1.54) is 18.3 Å². The number of carbonyl (C=O) groups excluding carboxylic acids is 1. The van der Waals surface area contributed by atoms with Gasteiger partial charge in [-0.3, -0.25) is 9.59 Å². The second kappa shape index (κ2) is 5.56. The van der Waals surface area contributed by atoms with Gasteiger partial charge in [-0.1, -0.05) is 6.92 Å². The Hall–Kier alpha value is -1.29. The van der Waals surface area contributed by atoms with Crippen LogP contribution in [0.4, 0.5) is 0 Å². The number of amides is 1. The molecule has 0 spiro atoms. The minimum atomic E-state index is -0.222. The van der Waals surface area contributed by atoms with Gasteiger partial charge in [0, 0.05) is 24.7 Å². The molecule has 1 unspecified atom stereocenters. The zero-order valence-corrected chi connectivity index (χ0v) is 9.17. The topological polar surface area (TPSA) is 62.0 Å². The fourth-order valence-electron chi connectivity index (χ4n) is 0.975. The number of aromatic nitrogens is 1. The SMILES string of the molecule is CC(CCl)CNC(=O)c1ccc(=O)[nH]c1. The van der Waals surface area contributed by atoms with Crippen LogP contribution in [-0.4, -0.2) is 23.3 Å². The Morgan fingerprint density at radius 1 is 1.60 bits per heavy atom. The number of carbonyl (C=O) groups is 1. The first-order valence-electron chi connectivity index (χ1n) is 4.66. The van der Waals surface area contributed by atoms with Crippen LogP contribution in [0.1, 0.15) is 17.3 Å². The zero-order chi connectivity index (χ0) is 11.3. The second-order valence-corrected chi connectivity index (χ2v) is 3.72. The predicted octanol–water partition coefficient (Wildman–Crippen LogP) is 0.980. The molecule has 0 aliphatic carbocycles. The van der Waals surface area contributed by atoms with E-state index in [0.29, 0.717) is 18.0 Å². The van der Waals surface area contributed by atoms with E-state index in [2.05, 4.69) is 10.3 Å². The molecule has 1 aromatic rings. The van der Waals surface area contributed by atoms with Gasteiger partial charge in [0.15, 0.2) is 0 Å². The summed E-state index contributed by atoms with van der Waals surface area (Å²) in [5.74, 6) is 0.535. The molecule has 1 aromatic heterocycles. The number of H-pyrrole nitrogens is 1. The minimum Gasteiger partial charge on any atom is -0.352 e. The summed E-state index contributed by atoms with van der Waals surface area (Å²) in [5, 5.41) is 2.72. The van der Waals surface area contributed by atoms with Gasteiger partial charge in [0.25, 0.3) is 5.91 Å². The maximum absolute atomic E-state index is 11.5. The number of halogens is 1. The molecule has 1 amide bonds. The summed E-state index contributed by atoms with van der Waals surface area (Å²) in [4.78, 5) is 24.7. The third kappa shape index (κ3) is 3.75. The fourth-order valence-corrected chi connectivity index (χ4v) is 1.08. The number of hydrogen-bond acceptors (Lipinski definition) is 2. The lowest BCUT2D eigenvalue weighted by Gasteiger charge is -2.08. The Bertz CT molecular complexity index is 369. The van der Waals surface area contributed by atoms with Crippen LogP contribution in [-0.2, 0) is 0 Å². The van der Waals surface area contributed by atoms with Crippen molar-refractivity contribution in [1.29, 1.82) is 0 Å². The summed E-state index contributed by atoms with van der Waals surface area (Å²) in [6, 6.07) is 2.80. The fraction of sp³-hybridized carbons (Fsp3) is 0.400. The molecule has 82 valence electrons. The molecule has 0 saturated carbocycles. The summed E-state index contributed by atoms with van der Waals surface area (Å²) in [6.07, 6.45) is 1.39. The molecule has 2 N–H and O–H groups in total. The molecule has 0 saturated heterocycles. The van der Waals surface area contributed by atoms with Crippen molar-refractivity contribution in [2.75, 3.05) is 12.4 Å². The van der Waals surface area contributed by atoms with Crippen molar-refractivity contribution in [3.05, 3.63) is 34.2 Å². The monoisotopic (exact) mass is 228 g/mol.